The number of nitrogens with one attached hydrogen (secondary N) is 2. The first-order chi connectivity index (χ1) is 12.5. The van der Waals surface area contributed by atoms with Crippen molar-refractivity contribution in [2.24, 2.45) is 0 Å². The van der Waals surface area contributed by atoms with E-state index >= 15 is 0 Å². The summed E-state index contributed by atoms with van der Waals surface area (Å²) in [7, 11) is 0. The number of nitrogens with zero attached hydrogens (tertiary/aromatic N) is 1. The second-order valence-corrected chi connectivity index (χ2v) is 5.89. The van der Waals surface area contributed by atoms with Gasteiger partial charge in [0.2, 0.25) is 0 Å². The highest BCUT2D eigenvalue weighted by Crippen LogP contribution is 2.19. The fraction of sp³-hybridized carbons (Fsp3) is 0.150. The summed E-state index contributed by atoms with van der Waals surface area (Å²) in [6.07, 6.45) is 2.98. The van der Waals surface area contributed by atoms with Crippen molar-refractivity contribution in [1.82, 2.24) is 10.3 Å². The number of hydrogen-bond donors (Lipinski definition) is 2. The molecule has 0 saturated heterocycles. The van der Waals surface area contributed by atoms with Crippen LogP contribution in [-0.4, -0.2) is 16.8 Å². The van der Waals surface area contributed by atoms with Crippen molar-refractivity contribution < 1.29 is 14.0 Å². The Kier molecular flexibility index (Phi) is 5.12. The standard InChI is InChI=1S/C20H19N3O3/c1-13-5-3-7-17(14(13)2)23-19(24)15-8-9-21-18(11-15)20(25)22-12-16-6-4-10-26-16/h3-11H,12H2,1-2H3,(H,22,25)(H,23,24). The number of benzene rings is 1. The van der Waals surface area contributed by atoms with Gasteiger partial charge in [0.25, 0.3) is 11.8 Å². The first-order valence-electron chi connectivity index (χ1n) is 8.19. The summed E-state index contributed by atoms with van der Waals surface area (Å²) in [5.41, 5.74) is 3.38. The molecule has 0 aliphatic heterocycles. The monoisotopic (exact) mass is 349 g/mol. The van der Waals surface area contributed by atoms with E-state index in [1.807, 2.05) is 32.0 Å². The van der Waals surface area contributed by atoms with E-state index in [4.69, 9.17) is 4.42 Å². The van der Waals surface area contributed by atoms with E-state index < -0.39 is 0 Å². The van der Waals surface area contributed by atoms with Gasteiger partial charge in [-0.2, -0.15) is 0 Å². The van der Waals surface area contributed by atoms with Crippen LogP contribution in [0, 0.1) is 13.8 Å². The molecule has 3 rings (SSSR count). The van der Waals surface area contributed by atoms with Crippen LogP contribution in [-0.2, 0) is 6.54 Å². The number of anilines is 1. The molecule has 0 radical (unpaired) electrons. The number of carbonyl (C=O) groups excluding carboxylic acids is 2. The Balaban J connectivity index is 1.70. The van der Waals surface area contributed by atoms with Crippen molar-refractivity contribution in [2.75, 3.05) is 5.32 Å². The molecule has 0 unspecified atom stereocenters. The van der Waals surface area contributed by atoms with Gasteiger partial charge in [0.05, 0.1) is 12.8 Å². The molecule has 3 aromatic rings. The molecule has 6 nitrogen and oxygen atoms in total. The zero-order valence-corrected chi connectivity index (χ0v) is 14.6. The van der Waals surface area contributed by atoms with Crippen LogP contribution in [0.5, 0.6) is 0 Å². The molecule has 2 amide bonds. The molecule has 2 heterocycles. The van der Waals surface area contributed by atoms with Gasteiger partial charge in [0.1, 0.15) is 11.5 Å². The predicted molar refractivity (Wildman–Crippen MR) is 98.0 cm³/mol. The lowest BCUT2D eigenvalue weighted by Crippen LogP contribution is -2.24. The van der Waals surface area contributed by atoms with E-state index in [1.165, 1.54) is 18.5 Å². The van der Waals surface area contributed by atoms with Crippen molar-refractivity contribution in [3.05, 3.63) is 83.1 Å². The Morgan fingerprint density at radius 2 is 1.92 bits per heavy atom. The van der Waals surface area contributed by atoms with Gasteiger partial charge < -0.3 is 15.1 Å². The third-order valence-corrected chi connectivity index (χ3v) is 4.11. The summed E-state index contributed by atoms with van der Waals surface area (Å²) in [6.45, 7) is 4.19. The number of aromatic nitrogens is 1. The van der Waals surface area contributed by atoms with Gasteiger partial charge in [-0.3, -0.25) is 14.6 Å². The van der Waals surface area contributed by atoms with Gasteiger partial charge in [-0.15, -0.1) is 0 Å². The number of pyridine rings is 1. The van der Waals surface area contributed by atoms with Gasteiger partial charge in [-0.25, -0.2) is 0 Å². The van der Waals surface area contributed by atoms with E-state index in [2.05, 4.69) is 15.6 Å². The molecule has 1 aromatic carbocycles. The molecule has 6 heteroatoms. The lowest BCUT2D eigenvalue weighted by Gasteiger charge is -2.11. The van der Waals surface area contributed by atoms with E-state index in [0.29, 0.717) is 11.3 Å². The van der Waals surface area contributed by atoms with Crippen molar-refractivity contribution >= 4 is 17.5 Å². The first-order valence-corrected chi connectivity index (χ1v) is 8.19. The summed E-state index contributed by atoms with van der Waals surface area (Å²) in [4.78, 5) is 28.8. The maximum absolute atomic E-state index is 12.5. The quantitative estimate of drug-likeness (QED) is 0.739. The van der Waals surface area contributed by atoms with E-state index in [0.717, 1.165) is 16.8 Å². The molecular weight excluding hydrogens is 330 g/mol. The number of furan rings is 1. The molecule has 0 aliphatic carbocycles. The lowest BCUT2D eigenvalue weighted by molar-refractivity contribution is 0.0943. The van der Waals surface area contributed by atoms with Crippen LogP contribution in [0.3, 0.4) is 0 Å². The summed E-state index contributed by atoms with van der Waals surface area (Å²) < 4.78 is 5.17. The molecule has 0 atom stereocenters. The fourth-order valence-electron chi connectivity index (χ4n) is 2.45. The Morgan fingerprint density at radius 3 is 2.69 bits per heavy atom. The first kappa shape index (κ1) is 17.4. The van der Waals surface area contributed by atoms with Crippen molar-refractivity contribution in [2.45, 2.75) is 20.4 Å². The maximum atomic E-state index is 12.5. The van der Waals surface area contributed by atoms with Gasteiger partial charge >= 0.3 is 0 Å². The summed E-state index contributed by atoms with van der Waals surface area (Å²) in [6, 6.07) is 12.3. The van der Waals surface area contributed by atoms with Crippen molar-refractivity contribution in [3.8, 4) is 0 Å². The van der Waals surface area contributed by atoms with Crippen LogP contribution in [0.15, 0.2) is 59.3 Å². The number of hydrogen-bond acceptors (Lipinski definition) is 4. The number of aryl methyl sites for hydroxylation is 1. The van der Waals surface area contributed by atoms with E-state index in [1.54, 1.807) is 18.2 Å². The lowest BCUT2D eigenvalue weighted by atomic mass is 10.1. The van der Waals surface area contributed by atoms with Gasteiger partial charge in [-0.1, -0.05) is 12.1 Å². The zero-order chi connectivity index (χ0) is 18.5. The molecule has 0 spiro atoms. The number of rotatable bonds is 5. The highest BCUT2D eigenvalue weighted by atomic mass is 16.3. The normalized spacial score (nSPS) is 10.4. The SMILES string of the molecule is Cc1cccc(NC(=O)c2ccnc(C(=O)NCc3ccco3)c2)c1C. The second kappa shape index (κ2) is 7.65. The largest absolute Gasteiger partial charge is 0.467 e. The van der Waals surface area contributed by atoms with Crippen LogP contribution in [0.2, 0.25) is 0 Å². The minimum Gasteiger partial charge on any atom is -0.467 e. The number of carbonyl (C=O) groups is 2. The topological polar surface area (TPSA) is 84.2 Å². The summed E-state index contributed by atoms with van der Waals surface area (Å²) in [5, 5.41) is 5.58. The maximum Gasteiger partial charge on any atom is 0.270 e. The van der Waals surface area contributed by atoms with Crippen LogP contribution < -0.4 is 10.6 Å². The zero-order valence-electron chi connectivity index (χ0n) is 14.6. The molecule has 2 aromatic heterocycles. The third kappa shape index (κ3) is 3.97. The van der Waals surface area contributed by atoms with Crippen molar-refractivity contribution in [1.29, 1.82) is 0 Å². The molecular formula is C20H19N3O3. The molecule has 2 N–H and O–H groups in total. The average Bonchev–Trinajstić information content (AvgIpc) is 3.17. The smallest absolute Gasteiger partial charge is 0.270 e. The van der Waals surface area contributed by atoms with E-state index in [-0.39, 0.29) is 24.1 Å². The molecule has 0 aliphatic rings. The summed E-state index contributed by atoms with van der Waals surface area (Å²) in [5.74, 6) is -0.0221. The van der Waals surface area contributed by atoms with Crippen molar-refractivity contribution in [3.63, 3.8) is 0 Å². The van der Waals surface area contributed by atoms with Crippen LogP contribution in [0.25, 0.3) is 0 Å². The molecule has 0 fully saturated rings. The Bertz CT molecular complexity index is 933. The molecule has 0 bridgehead atoms. The molecule has 0 saturated carbocycles. The Morgan fingerprint density at radius 1 is 1.08 bits per heavy atom. The third-order valence-electron chi connectivity index (χ3n) is 4.11. The predicted octanol–water partition coefficient (Wildman–Crippen LogP) is 3.47. The second-order valence-electron chi connectivity index (χ2n) is 5.89. The van der Waals surface area contributed by atoms with E-state index in [9.17, 15) is 9.59 Å². The molecule has 132 valence electrons. The fourth-order valence-corrected chi connectivity index (χ4v) is 2.45. The van der Waals surface area contributed by atoms with Gasteiger partial charge in [0, 0.05) is 17.4 Å². The highest BCUT2D eigenvalue weighted by molar-refractivity contribution is 6.06. The Hall–Kier alpha value is -3.41. The Labute approximate surface area is 151 Å². The molecule has 26 heavy (non-hydrogen) atoms. The van der Waals surface area contributed by atoms with Crippen LogP contribution >= 0.6 is 0 Å². The average molecular weight is 349 g/mol. The minimum absolute atomic E-state index is 0.171. The minimum atomic E-state index is -0.372. The number of amides is 2. The van der Waals surface area contributed by atoms with Gasteiger partial charge in [0.15, 0.2) is 0 Å². The highest BCUT2D eigenvalue weighted by Gasteiger charge is 2.13. The summed E-state index contributed by atoms with van der Waals surface area (Å²) >= 11 is 0. The van der Waals surface area contributed by atoms with Crippen LogP contribution in [0.1, 0.15) is 37.7 Å². The van der Waals surface area contributed by atoms with Gasteiger partial charge in [-0.05, 0) is 55.3 Å². The van der Waals surface area contributed by atoms with Crippen LogP contribution in [0.4, 0.5) is 5.69 Å².